The van der Waals surface area contributed by atoms with Gasteiger partial charge in [0.2, 0.25) is 10.0 Å². The molecule has 4 rings (SSSR count). The second-order valence-corrected chi connectivity index (χ2v) is 11.5. The van der Waals surface area contributed by atoms with E-state index in [0.29, 0.717) is 34.5 Å². The number of H-pyrrole nitrogens is 2. The van der Waals surface area contributed by atoms with Crippen LogP contribution < -0.4 is 15.6 Å². The maximum absolute atomic E-state index is 13.6. The van der Waals surface area contributed by atoms with Crippen LogP contribution in [-0.2, 0) is 26.0 Å². The Bertz CT molecular complexity index is 1760. The molecule has 4 N–H and O–H groups in total. The monoisotopic (exact) mass is 578 g/mol. The predicted molar refractivity (Wildman–Crippen MR) is 158 cm³/mol. The highest BCUT2D eigenvalue weighted by Crippen LogP contribution is 2.29. The van der Waals surface area contributed by atoms with Gasteiger partial charge in [-0.1, -0.05) is 18.2 Å². The molecule has 0 amide bonds. The number of nitrogens with zero attached hydrogens (tertiary/aromatic N) is 2. The van der Waals surface area contributed by atoms with Gasteiger partial charge in [-0.3, -0.25) is 9.59 Å². The number of hydrogen-bond acceptors (Lipinski definition) is 8. The molecular formula is C29H34N6O5S. The number of carbonyl (C=O) groups excluding carboxylic acids is 1. The van der Waals surface area contributed by atoms with Gasteiger partial charge in [0.1, 0.15) is 11.9 Å². The molecule has 2 heterocycles. The van der Waals surface area contributed by atoms with E-state index >= 15 is 0 Å². The summed E-state index contributed by atoms with van der Waals surface area (Å²) < 4.78 is 34.5. The summed E-state index contributed by atoms with van der Waals surface area (Å²) in [5, 5.41) is 3.47. The molecular weight excluding hydrogens is 544 g/mol. The SMILES string of the molecule is COC(=O)[C@H](Cc1nc2ccc(/C=C/CNc3ncc[nH]3)cc2c(=O)[nH]1)NS(=O)(=O)c1c(C)c(C)c(C)c(C)c1C. The van der Waals surface area contributed by atoms with Crippen molar-refractivity contribution < 1.29 is 17.9 Å². The Kier molecular flexibility index (Phi) is 8.74. The van der Waals surface area contributed by atoms with Crippen molar-refractivity contribution in [3.8, 4) is 0 Å². The second kappa shape index (κ2) is 12.1. The number of nitrogens with one attached hydrogen (secondary N) is 4. The summed E-state index contributed by atoms with van der Waals surface area (Å²) in [4.78, 5) is 40.0. The van der Waals surface area contributed by atoms with Crippen LogP contribution in [0.5, 0.6) is 0 Å². The number of hydrogen-bond donors (Lipinski definition) is 4. The van der Waals surface area contributed by atoms with Crippen molar-refractivity contribution >= 4 is 38.9 Å². The molecule has 0 saturated heterocycles. The van der Waals surface area contributed by atoms with E-state index in [1.807, 2.05) is 39.0 Å². The lowest BCUT2D eigenvalue weighted by atomic mass is 9.95. The first-order valence-corrected chi connectivity index (χ1v) is 14.5. The maximum Gasteiger partial charge on any atom is 0.324 e. The molecule has 0 fully saturated rings. The van der Waals surface area contributed by atoms with Crippen molar-refractivity contribution in [1.29, 1.82) is 0 Å². The number of methoxy groups -OCH3 is 1. The van der Waals surface area contributed by atoms with E-state index < -0.39 is 27.6 Å². The maximum atomic E-state index is 13.6. The minimum absolute atomic E-state index is 0.131. The Morgan fingerprint density at radius 3 is 2.39 bits per heavy atom. The first kappa shape index (κ1) is 29.7. The van der Waals surface area contributed by atoms with E-state index in [1.54, 1.807) is 38.4 Å². The summed E-state index contributed by atoms with van der Waals surface area (Å²) in [5.41, 5.74) is 4.79. The summed E-state index contributed by atoms with van der Waals surface area (Å²) in [6.07, 6.45) is 6.92. The molecule has 0 bridgehead atoms. The summed E-state index contributed by atoms with van der Waals surface area (Å²) in [5.74, 6) is 0.00956. The molecule has 0 aliphatic heterocycles. The number of sulfonamides is 1. The molecule has 2 aromatic carbocycles. The van der Waals surface area contributed by atoms with Crippen LogP contribution in [-0.4, -0.2) is 54.0 Å². The largest absolute Gasteiger partial charge is 0.468 e. The molecule has 1 atom stereocenters. The summed E-state index contributed by atoms with van der Waals surface area (Å²) in [6.45, 7) is 9.72. The molecule has 216 valence electrons. The Hall–Kier alpha value is -4.29. The van der Waals surface area contributed by atoms with Gasteiger partial charge < -0.3 is 20.0 Å². The molecule has 0 aliphatic carbocycles. The number of ether oxygens (including phenoxy) is 1. The molecule has 41 heavy (non-hydrogen) atoms. The van der Waals surface area contributed by atoms with Crippen molar-refractivity contribution in [2.45, 2.75) is 52.0 Å². The van der Waals surface area contributed by atoms with E-state index in [4.69, 9.17) is 4.74 Å². The van der Waals surface area contributed by atoms with Crippen LogP contribution in [0.4, 0.5) is 5.95 Å². The number of carbonyl (C=O) groups is 1. The number of fused-ring (bicyclic) bond motifs is 1. The van der Waals surface area contributed by atoms with Gasteiger partial charge in [-0.25, -0.2) is 18.4 Å². The fourth-order valence-corrected chi connectivity index (χ4v) is 6.53. The van der Waals surface area contributed by atoms with Gasteiger partial charge in [0.15, 0.2) is 5.95 Å². The molecule has 12 heteroatoms. The number of aromatic amines is 2. The smallest absolute Gasteiger partial charge is 0.324 e. The number of benzene rings is 2. The normalized spacial score (nSPS) is 12.6. The highest BCUT2D eigenvalue weighted by molar-refractivity contribution is 7.89. The van der Waals surface area contributed by atoms with Crippen LogP contribution in [0.1, 0.15) is 39.2 Å². The Morgan fingerprint density at radius 1 is 1.07 bits per heavy atom. The second-order valence-electron chi connectivity index (χ2n) is 9.87. The molecule has 0 spiro atoms. The fourth-order valence-electron chi connectivity index (χ4n) is 4.74. The predicted octanol–water partition coefficient (Wildman–Crippen LogP) is 3.38. The minimum Gasteiger partial charge on any atom is -0.468 e. The van der Waals surface area contributed by atoms with Gasteiger partial charge in [-0.2, -0.15) is 4.72 Å². The van der Waals surface area contributed by atoms with Crippen molar-refractivity contribution in [1.82, 2.24) is 24.7 Å². The molecule has 4 aromatic rings. The fraction of sp³-hybridized carbons (Fsp3) is 0.310. The lowest BCUT2D eigenvalue weighted by Gasteiger charge is -2.21. The number of imidazole rings is 1. The van der Waals surface area contributed by atoms with Gasteiger partial charge in [-0.05, 0) is 80.1 Å². The first-order chi connectivity index (χ1) is 19.4. The Balaban J connectivity index is 1.58. The Labute approximate surface area is 238 Å². The van der Waals surface area contributed by atoms with Crippen LogP contribution in [0.3, 0.4) is 0 Å². The first-order valence-electron chi connectivity index (χ1n) is 13.0. The van der Waals surface area contributed by atoms with Crippen molar-refractivity contribution in [3.05, 3.63) is 86.2 Å². The standard InChI is InChI=1S/C29H34N6O5S/c1-16-17(2)19(4)26(20(5)18(16)3)41(38,39)35-24(28(37)40-6)15-25-33-23-10-9-21(14-22(23)27(36)34-25)8-7-11-30-29-31-12-13-32-29/h7-10,12-14,24,35H,11,15H2,1-6H3,(H2,30,31,32)(H,33,34,36)/b8-7+/t24-/m0/s1. The lowest BCUT2D eigenvalue weighted by Crippen LogP contribution is -2.44. The topological polar surface area (TPSA) is 159 Å². The number of anilines is 1. The Morgan fingerprint density at radius 2 is 1.76 bits per heavy atom. The van der Waals surface area contributed by atoms with Crippen LogP contribution in [0.25, 0.3) is 17.0 Å². The summed E-state index contributed by atoms with van der Waals surface area (Å²) in [7, 11) is -2.95. The number of esters is 1. The average Bonchev–Trinajstić information content (AvgIpc) is 3.46. The number of aromatic nitrogens is 4. The third kappa shape index (κ3) is 6.39. The highest BCUT2D eigenvalue weighted by atomic mass is 32.2. The molecule has 11 nitrogen and oxygen atoms in total. The molecule has 0 unspecified atom stereocenters. The van der Waals surface area contributed by atoms with E-state index in [0.717, 1.165) is 22.3 Å². The molecule has 0 radical (unpaired) electrons. The number of rotatable bonds is 10. The van der Waals surface area contributed by atoms with Crippen molar-refractivity contribution in [2.24, 2.45) is 0 Å². The molecule has 0 aliphatic rings. The van der Waals surface area contributed by atoms with Gasteiger partial charge in [0.25, 0.3) is 5.56 Å². The van der Waals surface area contributed by atoms with Crippen LogP contribution >= 0.6 is 0 Å². The van der Waals surface area contributed by atoms with Gasteiger partial charge in [0.05, 0.1) is 22.9 Å². The summed E-state index contributed by atoms with van der Waals surface area (Å²) >= 11 is 0. The zero-order chi connectivity index (χ0) is 29.9. The zero-order valence-electron chi connectivity index (χ0n) is 23.9. The van der Waals surface area contributed by atoms with Crippen LogP contribution in [0, 0.1) is 34.6 Å². The van der Waals surface area contributed by atoms with Crippen LogP contribution in [0.15, 0.2) is 46.4 Å². The highest BCUT2D eigenvalue weighted by Gasteiger charge is 2.31. The quantitative estimate of drug-likeness (QED) is 0.209. The van der Waals surface area contributed by atoms with E-state index in [9.17, 15) is 18.0 Å². The van der Waals surface area contributed by atoms with E-state index in [1.165, 1.54) is 7.11 Å². The van der Waals surface area contributed by atoms with Crippen molar-refractivity contribution in [2.75, 3.05) is 19.0 Å². The van der Waals surface area contributed by atoms with Gasteiger partial charge >= 0.3 is 5.97 Å². The summed E-state index contributed by atoms with van der Waals surface area (Å²) in [6, 6.07) is 3.92. The van der Waals surface area contributed by atoms with Gasteiger partial charge in [-0.15, -0.1) is 0 Å². The van der Waals surface area contributed by atoms with E-state index in [-0.39, 0.29) is 17.1 Å². The zero-order valence-corrected chi connectivity index (χ0v) is 24.7. The van der Waals surface area contributed by atoms with E-state index in [2.05, 4.69) is 30.0 Å². The van der Waals surface area contributed by atoms with Crippen LogP contribution in [0.2, 0.25) is 0 Å². The third-order valence-corrected chi connectivity index (χ3v) is 9.10. The lowest BCUT2D eigenvalue weighted by molar-refractivity contribution is -0.142. The van der Waals surface area contributed by atoms with Gasteiger partial charge in [0, 0.05) is 25.4 Å². The third-order valence-electron chi connectivity index (χ3n) is 7.35. The molecule has 2 aromatic heterocycles. The average molecular weight is 579 g/mol. The molecule has 0 saturated carbocycles. The van der Waals surface area contributed by atoms with Crippen molar-refractivity contribution in [3.63, 3.8) is 0 Å². The minimum atomic E-state index is -4.13.